The van der Waals surface area contributed by atoms with Crippen molar-refractivity contribution in [2.24, 2.45) is 11.5 Å². The molecule has 0 spiro atoms. The average molecular weight is 253 g/mol. The normalized spacial score (nSPS) is 11.2. The quantitative estimate of drug-likeness (QED) is 0.741. The van der Waals surface area contributed by atoms with Crippen LogP contribution in [0.5, 0.6) is 0 Å². The molecule has 0 aliphatic carbocycles. The molecule has 5 N–H and O–H groups in total. The number of anilines is 1. The summed E-state index contributed by atoms with van der Waals surface area (Å²) in [6.45, 7) is 0. The molecule has 0 saturated heterocycles. The summed E-state index contributed by atoms with van der Waals surface area (Å²) in [7, 11) is 0. The summed E-state index contributed by atoms with van der Waals surface area (Å²) >= 11 is 0.185. The molecule has 0 aromatic carbocycles. The number of primary amides is 2. The van der Waals surface area contributed by atoms with Crippen molar-refractivity contribution in [2.45, 2.75) is 6.18 Å². The Morgan fingerprint density at radius 1 is 1.31 bits per heavy atom. The van der Waals surface area contributed by atoms with E-state index in [2.05, 4.69) is 0 Å². The largest absolute Gasteiger partial charge is 0.425 e. The lowest BCUT2D eigenvalue weighted by molar-refractivity contribution is -0.134. The zero-order valence-corrected chi connectivity index (χ0v) is 8.41. The lowest BCUT2D eigenvalue weighted by Crippen LogP contribution is -2.21. The molecule has 1 rings (SSSR count). The Morgan fingerprint density at radius 2 is 1.88 bits per heavy atom. The standard InChI is InChI=1S/C7H6F3N3O2S/c8-7(9,10)3-1-2(4(11)14)5(16-3)13-6(12)15/h1H,(H2,11,14)(H3,12,13,15). The first-order valence-corrected chi connectivity index (χ1v) is 4.60. The molecule has 5 nitrogen and oxygen atoms in total. The van der Waals surface area contributed by atoms with Crippen LogP contribution in [0.3, 0.4) is 0 Å². The van der Waals surface area contributed by atoms with E-state index in [0.717, 1.165) is 0 Å². The minimum absolute atomic E-state index is 0.185. The van der Waals surface area contributed by atoms with E-state index in [-0.39, 0.29) is 16.3 Å². The van der Waals surface area contributed by atoms with E-state index in [1.165, 1.54) is 0 Å². The number of nitrogens with one attached hydrogen (secondary N) is 1. The number of rotatable bonds is 2. The van der Waals surface area contributed by atoms with Crippen LogP contribution in [0.15, 0.2) is 6.07 Å². The van der Waals surface area contributed by atoms with E-state index in [4.69, 9.17) is 11.5 Å². The summed E-state index contributed by atoms with van der Waals surface area (Å²) in [6, 6.07) is -0.503. The molecule has 0 unspecified atom stereocenters. The van der Waals surface area contributed by atoms with Crippen molar-refractivity contribution >= 4 is 28.3 Å². The predicted molar refractivity (Wildman–Crippen MR) is 51.0 cm³/mol. The number of urea groups is 1. The molecular formula is C7H6F3N3O2S. The third-order valence-electron chi connectivity index (χ3n) is 1.51. The summed E-state index contributed by atoms with van der Waals surface area (Å²) < 4.78 is 36.9. The van der Waals surface area contributed by atoms with Crippen LogP contribution in [-0.4, -0.2) is 11.9 Å². The molecule has 16 heavy (non-hydrogen) atoms. The van der Waals surface area contributed by atoms with Crippen molar-refractivity contribution in [3.63, 3.8) is 0 Å². The Morgan fingerprint density at radius 3 is 2.25 bits per heavy atom. The second-order valence-corrected chi connectivity index (χ2v) is 3.76. The van der Waals surface area contributed by atoms with Crippen LogP contribution in [0.2, 0.25) is 0 Å². The molecule has 1 aromatic heterocycles. The lowest BCUT2D eigenvalue weighted by Gasteiger charge is -2.00. The fourth-order valence-corrected chi connectivity index (χ4v) is 1.85. The minimum atomic E-state index is -4.60. The number of halogens is 3. The van der Waals surface area contributed by atoms with Gasteiger partial charge in [0.05, 0.1) is 5.56 Å². The highest BCUT2D eigenvalue weighted by Gasteiger charge is 2.34. The fourth-order valence-electron chi connectivity index (χ4n) is 0.919. The molecule has 0 saturated carbocycles. The Kier molecular flexibility index (Phi) is 3.08. The van der Waals surface area contributed by atoms with Crippen molar-refractivity contribution in [3.8, 4) is 0 Å². The topological polar surface area (TPSA) is 98.2 Å². The molecule has 88 valence electrons. The van der Waals surface area contributed by atoms with Gasteiger partial charge in [0.1, 0.15) is 9.88 Å². The minimum Gasteiger partial charge on any atom is -0.366 e. The van der Waals surface area contributed by atoms with Gasteiger partial charge in [0.15, 0.2) is 0 Å². The fraction of sp³-hybridized carbons (Fsp3) is 0.143. The maximum Gasteiger partial charge on any atom is 0.425 e. The molecule has 0 bridgehead atoms. The molecule has 0 aliphatic rings. The third-order valence-corrected chi connectivity index (χ3v) is 2.61. The van der Waals surface area contributed by atoms with Gasteiger partial charge in [0.2, 0.25) is 0 Å². The Hall–Kier alpha value is -1.77. The van der Waals surface area contributed by atoms with Gasteiger partial charge in [0, 0.05) is 0 Å². The molecule has 0 atom stereocenters. The van der Waals surface area contributed by atoms with Gasteiger partial charge in [0.25, 0.3) is 5.91 Å². The van der Waals surface area contributed by atoms with Crippen LogP contribution in [0.4, 0.5) is 23.0 Å². The zero-order chi connectivity index (χ0) is 12.5. The summed E-state index contributed by atoms with van der Waals surface area (Å²) in [4.78, 5) is 20.3. The smallest absolute Gasteiger partial charge is 0.366 e. The van der Waals surface area contributed by atoms with Crippen molar-refractivity contribution < 1.29 is 22.8 Å². The average Bonchev–Trinajstić information content (AvgIpc) is 2.45. The third kappa shape index (κ3) is 2.63. The van der Waals surface area contributed by atoms with Gasteiger partial charge in [-0.25, -0.2) is 4.79 Å². The Bertz CT molecular complexity index is 441. The Labute approximate surface area is 91.2 Å². The number of carbonyl (C=O) groups excluding carboxylic acids is 2. The maximum absolute atomic E-state index is 12.3. The van der Waals surface area contributed by atoms with E-state index in [1.54, 1.807) is 0 Å². The van der Waals surface area contributed by atoms with E-state index in [0.29, 0.717) is 6.07 Å². The van der Waals surface area contributed by atoms with Gasteiger partial charge in [-0.05, 0) is 6.07 Å². The second kappa shape index (κ2) is 4.00. The molecule has 9 heteroatoms. The maximum atomic E-state index is 12.3. The van der Waals surface area contributed by atoms with Gasteiger partial charge < -0.3 is 11.5 Å². The van der Waals surface area contributed by atoms with Crippen LogP contribution in [-0.2, 0) is 6.18 Å². The van der Waals surface area contributed by atoms with E-state index < -0.39 is 28.6 Å². The highest BCUT2D eigenvalue weighted by atomic mass is 32.1. The van der Waals surface area contributed by atoms with E-state index >= 15 is 0 Å². The molecule has 0 aliphatic heterocycles. The number of hydrogen-bond donors (Lipinski definition) is 3. The molecule has 1 aromatic rings. The molecule has 0 fully saturated rings. The first-order chi connectivity index (χ1) is 7.21. The lowest BCUT2D eigenvalue weighted by atomic mass is 10.2. The highest BCUT2D eigenvalue weighted by Crippen LogP contribution is 2.39. The van der Waals surface area contributed by atoms with Crippen LogP contribution in [0, 0.1) is 0 Å². The van der Waals surface area contributed by atoms with E-state index in [1.807, 2.05) is 5.32 Å². The number of amides is 3. The highest BCUT2D eigenvalue weighted by molar-refractivity contribution is 7.16. The van der Waals surface area contributed by atoms with Gasteiger partial charge in [-0.3, -0.25) is 10.1 Å². The molecule has 0 radical (unpaired) electrons. The van der Waals surface area contributed by atoms with E-state index in [9.17, 15) is 22.8 Å². The van der Waals surface area contributed by atoms with Gasteiger partial charge in [-0.15, -0.1) is 11.3 Å². The first kappa shape index (κ1) is 12.3. The first-order valence-electron chi connectivity index (χ1n) is 3.79. The monoisotopic (exact) mass is 253 g/mol. The van der Waals surface area contributed by atoms with Crippen molar-refractivity contribution in [2.75, 3.05) is 5.32 Å². The van der Waals surface area contributed by atoms with Gasteiger partial charge in [-0.1, -0.05) is 0 Å². The second-order valence-electron chi connectivity index (χ2n) is 2.70. The van der Waals surface area contributed by atoms with Crippen molar-refractivity contribution in [1.29, 1.82) is 0 Å². The van der Waals surface area contributed by atoms with Crippen molar-refractivity contribution in [1.82, 2.24) is 0 Å². The van der Waals surface area contributed by atoms with Crippen LogP contribution < -0.4 is 16.8 Å². The zero-order valence-electron chi connectivity index (χ0n) is 7.59. The number of alkyl halides is 3. The summed E-state index contributed by atoms with van der Waals surface area (Å²) in [5, 5.41) is 1.59. The van der Waals surface area contributed by atoms with Crippen LogP contribution >= 0.6 is 11.3 Å². The summed E-state index contributed by atoms with van der Waals surface area (Å²) in [6.07, 6.45) is -4.60. The van der Waals surface area contributed by atoms with Crippen LogP contribution in [0.25, 0.3) is 0 Å². The summed E-state index contributed by atoms with van der Waals surface area (Å²) in [5.41, 5.74) is 9.17. The Balaban J connectivity index is 3.20. The molecule has 1 heterocycles. The van der Waals surface area contributed by atoms with Gasteiger partial charge >= 0.3 is 12.2 Å². The number of nitrogens with two attached hydrogens (primary N) is 2. The van der Waals surface area contributed by atoms with Crippen LogP contribution in [0.1, 0.15) is 15.2 Å². The van der Waals surface area contributed by atoms with Gasteiger partial charge in [-0.2, -0.15) is 13.2 Å². The predicted octanol–water partition coefficient (Wildman–Crippen LogP) is 1.36. The SMILES string of the molecule is NC(=O)Nc1sc(C(F)(F)F)cc1C(N)=O. The summed E-state index contributed by atoms with van der Waals surface area (Å²) in [5.74, 6) is -1.07. The number of hydrogen-bond acceptors (Lipinski definition) is 3. The number of carbonyl (C=O) groups is 2. The molecule has 3 amide bonds. The number of thiophene rings is 1. The molecular weight excluding hydrogens is 247 g/mol. The van der Waals surface area contributed by atoms with Crippen molar-refractivity contribution in [3.05, 3.63) is 16.5 Å².